The van der Waals surface area contributed by atoms with E-state index in [2.05, 4.69) is 0 Å². The highest BCUT2D eigenvalue weighted by atomic mass is 16.1. The standard InChI is InChI=1S/C12H18N2O4/c15-7-1-11(17)9-13-3-5-14(6-4-13)10-12(18)2-8-16/h7-8H,1-6,9-10H2. The number of ketones is 2. The van der Waals surface area contributed by atoms with Crippen LogP contribution >= 0.6 is 0 Å². The fourth-order valence-corrected chi connectivity index (χ4v) is 1.92. The molecule has 0 atom stereocenters. The Balaban J connectivity index is 2.24. The molecule has 100 valence electrons. The Morgan fingerprint density at radius 3 is 1.39 bits per heavy atom. The first-order chi connectivity index (χ1) is 8.65. The number of carbonyl (C=O) groups is 4. The van der Waals surface area contributed by atoms with Crippen molar-refractivity contribution in [3.63, 3.8) is 0 Å². The van der Waals surface area contributed by atoms with E-state index < -0.39 is 0 Å². The normalized spacial score (nSPS) is 17.3. The van der Waals surface area contributed by atoms with Gasteiger partial charge in [-0.2, -0.15) is 0 Å². The molecule has 1 saturated heterocycles. The second kappa shape index (κ2) is 7.84. The van der Waals surface area contributed by atoms with Crippen LogP contribution in [-0.2, 0) is 19.2 Å². The van der Waals surface area contributed by atoms with Gasteiger partial charge in [-0.15, -0.1) is 0 Å². The van der Waals surface area contributed by atoms with Crippen LogP contribution in [0.15, 0.2) is 0 Å². The lowest BCUT2D eigenvalue weighted by Crippen LogP contribution is -2.49. The van der Waals surface area contributed by atoms with Crippen molar-refractivity contribution in [3.8, 4) is 0 Å². The molecule has 1 rings (SSSR count). The van der Waals surface area contributed by atoms with E-state index in [4.69, 9.17) is 0 Å². The van der Waals surface area contributed by atoms with Gasteiger partial charge < -0.3 is 9.59 Å². The molecule has 0 spiro atoms. The molecule has 0 aliphatic carbocycles. The highest BCUT2D eigenvalue weighted by molar-refractivity contribution is 5.91. The maximum absolute atomic E-state index is 11.3. The summed E-state index contributed by atoms with van der Waals surface area (Å²) >= 11 is 0. The summed E-state index contributed by atoms with van der Waals surface area (Å²) in [5, 5.41) is 0. The van der Waals surface area contributed by atoms with Crippen LogP contribution in [0, 0.1) is 0 Å². The van der Waals surface area contributed by atoms with Crippen molar-refractivity contribution in [2.24, 2.45) is 0 Å². The highest BCUT2D eigenvalue weighted by Gasteiger charge is 2.20. The van der Waals surface area contributed by atoms with E-state index in [1.54, 1.807) is 0 Å². The fourth-order valence-electron chi connectivity index (χ4n) is 1.92. The van der Waals surface area contributed by atoms with E-state index in [-0.39, 0.29) is 24.4 Å². The molecule has 0 aromatic rings. The van der Waals surface area contributed by atoms with Crippen LogP contribution < -0.4 is 0 Å². The van der Waals surface area contributed by atoms with E-state index in [0.29, 0.717) is 51.8 Å². The second-order valence-corrected chi connectivity index (χ2v) is 4.37. The van der Waals surface area contributed by atoms with Gasteiger partial charge in [-0.3, -0.25) is 19.4 Å². The average Bonchev–Trinajstić information content (AvgIpc) is 2.32. The van der Waals surface area contributed by atoms with Gasteiger partial charge in [0.05, 0.1) is 25.9 Å². The summed E-state index contributed by atoms with van der Waals surface area (Å²) in [4.78, 5) is 46.9. The van der Waals surface area contributed by atoms with Crippen LogP contribution in [0.2, 0.25) is 0 Å². The average molecular weight is 254 g/mol. The van der Waals surface area contributed by atoms with Gasteiger partial charge in [0.25, 0.3) is 0 Å². The van der Waals surface area contributed by atoms with Crippen molar-refractivity contribution in [3.05, 3.63) is 0 Å². The number of rotatable bonds is 8. The summed E-state index contributed by atoms with van der Waals surface area (Å²) in [6, 6.07) is 0. The van der Waals surface area contributed by atoms with Crippen molar-refractivity contribution in [2.45, 2.75) is 12.8 Å². The first-order valence-corrected chi connectivity index (χ1v) is 6.01. The maximum atomic E-state index is 11.3. The minimum absolute atomic E-state index is 0.0297. The van der Waals surface area contributed by atoms with Crippen LogP contribution in [0.3, 0.4) is 0 Å². The van der Waals surface area contributed by atoms with Crippen molar-refractivity contribution in [1.82, 2.24) is 9.80 Å². The monoisotopic (exact) mass is 254 g/mol. The van der Waals surface area contributed by atoms with Gasteiger partial charge >= 0.3 is 0 Å². The molecule has 1 heterocycles. The Bertz CT molecular complexity index is 290. The van der Waals surface area contributed by atoms with Crippen LogP contribution in [0.25, 0.3) is 0 Å². The lowest BCUT2D eigenvalue weighted by Gasteiger charge is -2.33. The van der Waals surface area contributed by atoms with Crippen LogP contribution in [0.4, 0.5) is 0 Å². The predicted molar refractivity (Wildman–Crippen MR) is 64.3 cm³/mol. The van der Waals surface area contributed by atoms with Crippen molar-refractivity contribution < 1.29 is 19.2 Å². The molecule has 18 heavy (non-hydrogen) atoms. The molecular weight excluding hydrogens is 236 g/mol. The molecule has 0 bridgehead atoms. The van der Waals surface area contributed by atoms with Crippen LogP contribution in [0.1, 0.15) is 12.8 Å². The number of nitrogens with zero attached hydrogens (tertiary/aromatic N) is 2. The third kappa shape index (κ3) is 5.29. The first kappa shape index (κ1) is 14.7. The molecule has 6 heteroatoms. The predicted octanol–water partition coefficient (Wildman–Crippen LogP) is -1.08. The van der Waals surface area contributed by atoms with Gasteiger partial charge in [-0.05, 0) is 0 Å². The Morgan fingerprint density at radius 1 is 0.778 bits per heavy atom. The van der Waals surface area contributed by atoms with Crippen LogP contribution in [-0.4, -0.2) is 73.2 Å². The SMILES string of the molecule is O=CCC(=O)CN1CCN(CC(=O)CC=O)CC1. The summed E-state index contributed by atoms with van der Waals surface area (Å²) in [5.74, 6) is -0.147. The largest absolute Gasteiger partial charge is 0.303 e. The molecule has 0 radical (unpaired) electrons. The summed E-state index contributed by atoms with van der Waals surface area (Å²) in [7, 11) is 0. The van der Waals surface area contributed by atoms with E-state index in [1.807, 2.05) is 9.80 Å². The Hall–Kier alpha value is -1.40. The summed E-state index contributed by atoms with van der Waals surface area (Å²) in [5.41, 5.74) is 0. The zero-order valence-corrected chi connectivity index (χ0v) is 10.3. The lowest BCUT2D eigenvalue weighted by atomic mass is 10.2. The molecule has 0 saturated carbocycles. The number of aldehydes is 2. The second-order valence-electron chi connectivity index (χ2n) is 4.37. The van der Waals surface area contributed by atoms with E-state index in [0.717, 1.165) is 0 Å². The van der Waals surface area contributed by atoms with Gasteiger partial charge in [0.1, 0.15) is 12.6 Å². The van der Waals surface area contributed by atoms with Crippen molar-refractivity contribution in [1.29, 1.82) is 0 Å². The highest BCUT2D eigenvalue weighted by Crippen LogP contribution is 2.02. The third-order valence-corrected chi connectivity index (χ3v) is 2.89. The molecule has 0 N–H and O–H groups in total. The molecular formula is C12H18N2O4. The quantitative estimate of drug-likeness (QED) is 0.405. The van der Waals surface area contributed by atoms with E-state index >= 15 is 0 Å². The molecule has 1 aliphatic rings. The Kier molecular flexibility index (Phi) is 6.38. The fraction of sp³-hybridized carbons (Fsp3) is 0.667. The third-order valence-electron chi connectivity index (χ3n) is 2.89. The molecule has 0 amide bonds. The minimum atomic E-state index is -0.0736. The number of hydrogen-bond acceptors (Lipinski definition) is 6. The molecule has 1 aliphatic heterocycles. The summed E-state index contributed by atoms with van der Waals surface area (Å²) < 4.78 is 0. The number of piperazine rings is 1. The number of Topliss-reactive ketones (excluding diaryl/α,β-unsaturated/α-hetero) is 2. The topological polar surface area (TPSA) is 74.8 Å². The zero-order valence-electron chi connectivity index (χ0n) is 10.3. The number of carbonyl (C=O) groups excluding carboxylic acids is 4. The van der Waals surface area contributed by atoms with Gasteiger partial charge in [-0.1, -0.05) is 0 Å². The molecule has 1 fully saturated rings. The molecule has 0 unspecified atom stereocenters. The minimum Gasteiger partial charge on any atom is -0.303 e. The summed E-state index contributed by atoms with van der Waals surface area (Å²) in [6.07, 6.45) is 1.18. The molecule has 0 aromatic carbocycles. The number of hydrogen-bond donors (Lipinski definition) is 0. The first-order valence-electron chi connectivity index (χ1n) is 6.01. The lowest BCUT2D eigenvalue weighted by molar-refractivity contribution is -0.126. The van der Waals surface area contributed by atoms with E-state index in [1.165, 1.54) is 0 Å². The smallest absolute Gasteiger partial charge is 0.153 e. The van der Waals surface area contributed by atoms with Gasteiger partial charge in [0.15, 0.2) is 11.6 Å². The zero-order chi connectivity index (χ0) is 13.4. The summed E-state index contributed by atoms with van der Waals surface area (Å²) in [6.45, 7) is 3.43. The maximum Gasteiger partial charge on any atom is 0.153 e. The van der Waals surface area contributed by atoms with Crippen LogP contribution in [0.5, 0.6) is 0 Å². The molecule has 0 aromatic heterocycles. The van der Waals surface area contributed by atoms with Crippen molar-refractivity contribution in [2.75, 3.05) is 39.3 Å². The van der Waals surface area contributed by atoms with Crippen molar-refractivity contribution >= 4 is 24.1 Å². The van der Waals surface area contributed by atoms with E-state index in [9.17, 15) is 19.2 Å². The van der Waals surface area contributed by atoms with Gasteiger partial charge in [-0.25, -0.2) is 0 Å². The molecule has 6 nitrogen and oxygen atoms in total. The Morgan fingerprint density at radius 2 is 1.11 bits per heavy atom. The van der Waals surface area contributed by atoms with Gasteiger partial charge in [0.2, 0.25) is 0 Å². The Labute approximate surface area is 106 Å². The van der Waals surface area contributed by atoms with Gasteiger partial charge in [0, 0.05) is 26.2 Å².